The van der Waals surface area contributed by atoms with Crippen LogP contribution in [0.25, 0.3) is 11.2 Å². The highest BCUT2D eigenvalue weighted by Gasteiger charge is 2.10. The molecule has 5 heteroatoms. The highest BCUT2D eigenvalue weighted by Crippen LogP contribution is 2.09. The van der Waals surface area contributed by atoms with Gasteiger partial charge in [-0.3, -0.25) is 4.57 Å². The van der Waals surface area contributed by atoms with Gasteiger partial charge in [0.05, 0.1) is 6.54 Å². The van der Waals surface area contributed by atoms with E-state index in [0.717, 1.165) is 5.57 Å². The van der Waals surface area contributed by atoms with Crippen molar-refractivity contribution in [3.63, 3.8) is 0 Å². The van der Waals surface area contributed by atoms with Crippen LogP contribution in [0.4, 0.5) is 0 Å². The Hall–Kier alpha value is -1.88. The minimum Gasteiger partial charge on any atom is -0.406 e. The molecule has 0 saturated heterocycles. The number of oxazole rings is 1. The van der Waals surface area contributed by atoms with Gasteiger partial charge in [-0.1, -0.05) is 20.4 Å². The van der Waals surface area contributed by atoms with E-state index in [1.165, 1.54) is 4.57 Å². The summed E-state index contributed by atoms with van der Waals surface area (Å²) in [5.41, 5.74) is 1.99. The number of fused-ring (bicyclic) bond motifs is 1. The monoisotopic (exact) mass is 247 g/mol. The molecule has 2 rings (SSSR count). The number of nitrogens with one attached hydrogen (secondary N) is 1. The maximum Gasteiger partial charge on any atom is 0.421 e. The summed E-state index contributed by atoms with van der Waals surface area (Å²) in [6.45, 7) is 9.17. The molecule has 0 fully saturated rings. The average molecular weight is 247 g/mol. The van der Waals surface area contributed by atoms with Crippen molar-refractivity contribution < 1.29 is 4.42 Å². The van der Waals surface area contributed by atoms with Gasteiger partial charge in [-0.25, -0.2) is 9.78 Å². The summed E-state index contributed by atoms with van der Waals surface area (Å²) in [6, 6.07) is 3.86. The molecule has 0 aliphatic carbocycles. The molecule has 96 valence electrons. The van der Waals surface area contributed by atoms with E-state index in [0.29, 0.717) is 30.4 Å². The maximum atomic E-state index is 11.7. The average Bonchev–Trinajstić information content (AvgIpc) is 2.64. The summed E-state index contributed by atoms with van der Waals surface area (Å²) in [7, 11) is 0. The van der Waals surface area contributed by atoms with E-state index in [9.17, 15) is 4.79 Å². The molecule has 2 heterocycles. The van der Waals surface area contributed by atoms with E-state index in [4.69, 9.17) is 4.42 Å². The van der Waals surface area contributed by atoms with Crippen molar-refractivity contribution in [2.75, 3.05) is 6.54 Å². The van der Waals surface area contributed by atoms with Crippen LogP contribution >= 0.6 is 0 Å². The summed E-state index contributed by atoms with van der Waals surface area (Å²) in [4.78, 5) is 15.9. The quantitative estimate of drug-likeness (QED) is 0.814. The van der Waals surface area contributed by atoms with E-state index < -0.39 is 5.76 Å². The lowest BCUT2D eigenvalue weighted by Gasteiger charge is -2.10. The van der Waals surface area contributed by atoms with Crippen molar-refractivity contribution in [3.05, 3.63) is 41.0 Å². The number of rotatable bonds is 5. The smallest absolute Gasteiger partial charge is 0.406 e. The number of hydrogen-bond acceptors (Lipinski definition) is 4. The summed E-state index contributed by atoms with van der Waals surface area (Å²) < 4.78 is 6.61. The Bertz CT molecular complexity index is 610. The largest absolute Gasteiger partial charge is 0.421 e. The summed E-state index contributed by atoms with van der Waals surface area (Å²) in [6.07, 6.45) is 1.64. The Kier molecular flexibility index (Phi) is 3.62. The predicted molar refractivity (Wildman–Crippen MR) is 70.5 cm³/mol. The highest BCUT2D eigenvalue weighted by molar-refractivity contribution is 5.67. The fourth-order valence-electron chi connectivity index (χ4n) is 1.67. The molecule has 0 atom stereocenters. The van der Waals surface area contributed by atoms with Crippen molar-refractivity contribution in [2.45, 2.75) is 26.4 Å². The van der Waals surface area contributed by atoms with E-state index in [1.807, 2.05) is 0 Å². The predicted octanol–water partition coefficient (Wildman–Crippen LogP) is 1.54. The molecule has 0 radical (unpaired) electrons. The second kappa shape index (κ2) is 5.18. The van der Waals surface area contributed by atoms with Gasteiger partial charge in [-0.05, 0) is 17.7 Å². The standard InChI is InChI=1S/C13H17N3O2/c1-9(2)15-7-10(3)8-16-12-11(18-13(16)17)5-4-6-14-12/h4-6,9,15H,3,7-8H2,1-2H3. The van der Waals surface area contributed by atoms with Crippen LogP contribution < -0.4 is 11.1 Å². The van der Waals surface area contributed by atoms with Gasteiger partial charge in [0.2, 0.25) is 0 Å². The molecule has 0 bridgehead atoms. The maximum absolute atomic E-state index is 11.7. The third-order valence-electron chi connectivity index (χ3n) is 2.57. The van der Waals surface area contributed by atoms with Crippen LogP contribution in [0.15, 0.2) is 39.7 Å². The summed E-state index contributed by atoms with van der Waals surface area (Å²) in [5.74, 6) is -0.394. The van der Waals surface area contributed by atoms with Crippen LogP contribution in [-0.4, -0.2) is 22.1 Å². The Morgan fingerprint density at radius 2 is 2.39 bits per heavy atom. The second-order valence-electron chi connectivity index (χ2n) is 4.56. The van der Waals surface area contributed by atoms with E-state index in [1.54, 1.807) is 18.3 Å². The molecule has 0 spiro atoms. The van der Waals surface area contributed by atoms with Gasteiger partial charge in [-0.2, -0.15) is 0 Å². The number of hydrogen-bond donors (Lipinski definition) is 1. The van der Waals surface area contributed by atoms with Crippen LogP contribution in [0.1, 0.15) is 13.8 Å². The fraction of sp³-hybridized carbons (Fsp3) is 0.385. The zero-order valence-electron chi connectivity index (χ0n) is 10.6. The van der Waals surface area contributed by atoms with Crippen molar-refractivity contribution in [1.29, 1.82) is 0 Å². The lowest BCUT2D eigenvalue weighted by atomic mass is 10.2. The molecule has 1 N–H and O–H groups in total. The lowest BCUT2D eigenvalue weighted by Crippen LogP contribution is -2.27. The molecule has 18 heavy (non-hydrogen) atoms. The first-order valence-electron chi connectivity index (χ1n) is 5.92. The first-order valence-corrected chi connectivity index (χ1v) is 5.92. The number of aromatic nitrogens is 2. The van der Waals surface area contributed by atoms with Gasteiger partial charge in [0.1, 0.15) is 0 Å². The third-order valence-corrected chi connectivity index (χ3v) is 2.57. The fourth-order valence-corrected chi connectivity index (χ4v) is 1.67. The summed E-state index contributed by atoms with van der Waals surface area (Å²) in [5, 5.41) is 3.26. The topological polar surface area (TPSA) is 60.1 Å². The second-order valence-corrected chi connectivity index (χ2v) is 4.56. The van der Waals surface area contributed by atoms with Gasteiger partial charge in [0, 0.05) is 18.8 Å². The van der Waals surface area contributed by atoms with Crippen molar-refractivity contribution >= 4 is 11.2 Å². The minimum absolute atomic E-state index is 0.387. The van der Waals surface area contributed by atoms with Crippen LogP contribution in [0, 0.1) is 0 Å². The molecular weight excluding hydrogens is 230 g/mol. The van der Waals surface area contributed by atoms with Gasteiger partial charge in [0.25, 0.3) is 0 Å². The molecule has 2 aromatic heterocycles. The van der Waals surface area contributed by atoms with E-state index in [-0.39, 0.29) is 0 Å². The normalized spacial score (nSPS) is 11.3. The molecule has 0 saturated carbocycles. The Balaban J connectivity index is 2.19. The Morgan fingerprint density at radius 3 is 3.11 bits per heavy atom. The van der Waals surface area contributed by atoms with Crippen LogP contribution in [0.5, 0.6) is 0 Å². The van der Waals surface area contributed by atoms with Crippen molar-refractivity contribution in [1.82, 2.24) is 14.9 Å². The SMILES string of the molecule is C=C(CNC(C)C)Cn1c(=O)oc2cccnc21. The summed E-state index contributed by atoms with van der Waals surface area (Å²) >= 11 is 0. The van der Waals surface area contributed by atoms with Crippen molar-refractivity contribution in [2.24, 2.45) is 0 Å². The van der Waals surface area contributed by atoms with Gasteiger partial charge >= 0.3 is 5.76 Å². The highest BCUT2D eigenvalue weighted by atomic mass is 16.4. The molecule has 0 aliphatic heterocycles. The lowest BCUT2D eigenvalue weighted by molar-refractivity contribution is 0.511. The van der Waals surface area contributed by atoms with Crippen molar-refractivity contribution in [3.8, 4) is 0 Å². The van der Waals surface area contributed by atoms with Crippen LogP contribution in [0.3, 0.4) is 0 Å². The van der Waals surface area contributed by atoms with Gasteiger partial charge in [-0.15, -0.1) is 0 Å². The van der Waals surface area contributed by atoms with Crippen LogP contribution in [-0.2, 0) is 6.54 Å². The minimum atomic E-state index is -0.394. The Morgan fingerprint density at radius 1 is 1.61 bits per heavy atom. The third kappa shape index (κ3) is 2.68. The first-order chi connectivity index (χ1) is 8.58. The Labute approximate surface area is 105 Å². The number of pyridine rings is 1. The molecule has 5 nitrogen and oxygen atoms in total. The zero-order valence-corrected chi connectivity index (χ0v) is 10.6. The molecule has 0 amide bonds. The van der Waals surface area contributed by atoms with Gasteiger partial charge < -0.3 is 9.73 Å². The molecular formula is C13H17N3O2. The molecule has 0 unspecified atom stereocenters. The first kappa shape index (κ1) is 12.6. The van der Waals surface area contributed by atoms with E-state index >= 15 is 0 Å². The zero-order chi connectivity index (χ0) is 13.1. The molecule has 0 aliphatic rings. The molecule has 2 aromatic rings. The van der Waals surface area contributed by atoms with E-state index in [2.05, 4.69) is 30.7 Å². The van der Waals surface area contributed by atoms with Crippen LogP contribution in [0.2, 0.25) is 0 Å². The molecule has 0 aromatic carbocycles. The number of nitrogens with zero attached hydrogens (tertiary/aromatic N) is 2. The van der Waals surface area contributed by atoms with Gasteiger partial charge in [0.15, 0.2) is 11.2 Å².